The predicted molar refractivity (Wildman–Crippen MR) is 61.8 cm³/mol. The molecule has 2 fully saturated rings. The zero-order valence-electron chi connectivity index (χ0n) is 10.5. The third-order valence-corrected chi connectivity index (χ3v) is 3.73. The molecule has 0 saturated carbocycles. The van der Waals surface area contributed by atoms with Crippen LogP contribution in [0.4, 0.5) is 0 Å². The van der Waals surface area contributed by atoms with E-state index in [0.717, 1.165) is 6.61 Å². The van der Waals surface area contributed by atoms with Crippen LogP contribution in [0.3, 0.4) is 0 Å². The summed E-state index contributed by atoms with van der Waals surface area (Å²) in [5, 5.41) is 3.64. The molecule has 0 aromatic carbocycles. The minimum absolute atomic E-state index is 0.118. The standard InChI is InChI=1S/C12H24N2O/c1-11(2)9-15-12(3,13-11)10-7-5-6-8-14(10)4/h10,13H,5-9H2,1-4H3. The van der Waals surface area contributed by atoms with E-state index in [9.17, 15) is 0 Å². The van der Waals surface area contributed by atoms with Gasteiger partial charge in [-0.15, -0.1) is 0 Å². The number of nitrogens with zero attached hydrogens (tertiary/aromatic N) is 1. The molecule has 15 heavy (non-hydrogen) atoms. The maximum atomic E-state index is 6.01. The number of likely N-dealkylation sites (tertiary alicyclic amines) is 1. The quantitative estimate of drug-likeness (QED) is 0.714. The van der Waals surface area contributed by atoms with Gasteiger partial charge in [0.05, 0.1) is 12.6 Å². The first-order valence-corrected chi connectivity index (χ1v) is 6.06. The number of hydrogen-bond acceptors (Lipinski definition) is 3. The Bertz CT molecular complexity index is 242. The third-order valence-electron chi connectivity index (χ3n) is 3.73. The van der Waals surface area contributed by atoms with Crippen LogP contribution in [0.2, 0.25) is 0 Å². The van der Waals surface area contributed by atoms with Crippen molar-refractivity contribution in [3.05, 3.63) is 0 Å². The maximum absolute atomic E-state index is 6.01. The van der Waals surface area contributed by atoms with E-state index in [1.54, 1.807) is 0 Å². The second kappa shape index (κ2) is 3.72. The van der Waals surface area contributed by atoms with E-state index < -0.39 is 0 Å². The van der Waals surface area contributed by atoms with Crippen molar-refractivity contribution in [2.24, 2.45) is 0 Å². The largest absolute Gasteiger partial charge is 0.357 e. The Morgan fingerprint density at radius 3 is 2.53 bits per heavy atom. The molecule has 0 amide bonds. The zero-order valence-corrected chi connectivity index (χ0v) is 10.5. The summed E-state index contributed by atoms with van der Waals surface area (Å²) in [5.74, 6) is 0. The highest BCUT2D eigenvalue weighted by Gasteiger charge is 2.47. The number of hydrogen-bond donors (Lipinski definition) is 1. The van der Waals surface area contributed by atoms with Crippen molar-refractivity contribution in [3.8, 4) is 0 Å². The third kappa shape index (κ3) is 2.19. The smallest absolute Gasteiger partial charge is 0.132 e. The summed E-state index contributed by atoms with van der Waals surface area (Å²) in [5.41, 5.74) is -0.0360. The molecular formula is C12H24N2O. The number of rotatable bonds is 1. The molecule has 2 saturated heterocycles. The van der Waals surface area contributed by atoms with Crippen molar-refractivity contribution in [2.45, 2.75) is 57.3 Å². The molecule has 88 valence electrons. The van der Waals surface area contributed by atoms with Crippen LogP contribution >= 0.6 is 0 Å². The molecular weight excluding hydrogens is 188 g/mol. The van der Waals surface area contributed by atoms with Gasteiger partial charge in [0, 0.05) is 5.54 Å². The van der Waals surface area contributed by atoms with Crippen LogP contribution in [0, 0.1) is 0 Å². The lowest BCUT2D eigenvalue weighted by atomic mass is 9.93. The second-order valence-electron chi connectivity index (χ2n) is 5.90. The molecule has 3 nitrogen and oxygen atoms in total. The number of ether oxygens (including phenoxy) is 1. The fourth-order valence-corrected chi connectivity index (χ4v) is 3.03. The molecule has 0 spiro atoms. The minimum Gasteiger partial charge on any atom is -0.357 e. The average Bonchev–Trinajstić information content (AvgIpc) is 2.42. The Labute approximate surface area is 93.2 Å². The van der Waals surface area contributed by atoms with Gasteiger partial charge in [-0.05, 0) is 47.2 Å². The van der Waals surface area contributed by atoms with Gasteiger partial charge in [0.2, 0.25) is 0 Å². The van der Waals surface area contributed by atoms with Gasteiger partial charge in [0.15, 0.2) is 0 Å². The Morgan fingerprint density at radius 2 is 2.00 bits per heavy atom. The van der Waals surface area contributed by atoms with Crippen LogP contribution in [0.5, 0.6) is 0 Å². The van der Waals surface area contributed by atoms with Crippen molar-refractivity contribution < 1.29 is 4.74 Å². The first kappa shape index (κ1) is 11.4. The van der Waals surface area contributed by atoms with E-state index in [0.29, 0.717) is 6.04 Å². The van der Waals surface area contributed by atoms with Gasteiger partial charge in [-0.1, -0.05) is 6.42 Å². The van der Waals surface area contributed by atoms with Gasteiger partial charge in [-0.3, -0.25) is 10.2 Å². The van der Waals surface area contributed by atoms with E-state index in [4.69, 9.17) is 4.74 Å². The predicted octanol–water partition coefficient (Wildman–Crippen LogP) is 1.59. The molecule has 2 rings (SSSR count). The SMILES string of the molecule is CN1CCCCC1C1(C)NC(C)(C)CO1. The number of likely N-dealkylation sites (N-methyl/N-ethyl adjacent to an activating group) is 1. The molecule has 0 bridgehead atoms. The van der Waals surface area contributed by atoms with E-state index in [1.165, 1.54) is 25.8 Å². The second-order valence-corrected chi connectivity index (χ2v) is 5.90. The molecule has 0 aliphatic carbocycles. The molecule has 2 aliphatic rings. The Morgan fingerprint density at radius 1 is 1.27 bits per heavy atom. The molecule has 2 aliphatic heterocycles. The topological polar surface area (TPSA) is 24.5 Å². The van der Waals surface area contributed by atoms with Crippen LogP contribution in [0.25, 0.3) is 0 Å². The highest BCUT2D eigenvalue weighted by molar-refractivity contribution is 5.00. The fraction of sp³-hybridized carbons (Fsp3) is 1.00. The summed E-state index contributed by atoms with van der Waals surface area (Å²) in [7, 11) is 2.21. The van der Waals surface area contributed by atoms with Crippen LogP contribution in [-0.2, 0) is 4.74 Å². The summed E-state index contributed by atoms with van der Waals surface area (Å²) in [6.45, 7) is 8.63. The highest BCUT2D eigenvalue weighted by Crippen LogP contribution is 2.32. The fourth-order valence-electron chi connectivity index (χ4n) is 3.03. The maximum Gasteiger partial charge on any atom is 0.132 e. The van der Waals surface area contributed by atoms with Crippen LogP contribution in [0.15, 0.2) is 0 Å². The van der Waals surface area contributed by atoms with Crippen molar-refractivity contribution in [2.75, 3.05) is 20.2 Å². The van der Waals surface area contributed by atoms with Gasteiger partial charge in [-0.2, -0.15) is 0 Å². The molecule has 3 heteroatoms. The van der Waals surface area contributed by atoms with Gasteiger partial charge in [0.1, 0.15) is 5.72 Å². The van der Waals surface area contributed by atoms with Gasteiger partial charge < -0.3 is 4.74 Å². The first-order valence-electron chi connectivity index (χ1n) is 6.06. The lowest BCUT2D eigenvalue weighted by Crippen LogP contribution is -2.60. The average molecular weight is 212 g/mol. The molecule has 0 aromatic rings. The van der Waals surface area contributed by atoms with Crippen molar-refractivity contribution in [1.29, 1.82) is 0 Å². The van der Waals surface area contributed by atoms with E-state index in [2.05, 4.69) is 38.0 Å². The molecule has 2 heterocycles. The van der Waals surface area contributed by atoms with E-state index >= 15 is 0 Å². The highest BCUT2D eigenvalue weighted by atomic mass is 16.5. The van der Waals surface area contributed by atoms with Crippen LogP contribution in [-0.4, -0.2) is 42.4 Å². The summed E-state index contributed by atoms with van der Waals surface area (Å²) < 4.78 is 6.01. The van der Waals surface area contributed by atoms with Gasteiger partial charge >= 0.3 is 0 Å². The van der Waals surface area contributed by atoms with Crippen molar-refractivity contribution in [1.82, 2.24) is 10.2 Å². The van der Waals surface area contributed by atoms with Gasteiger partial charge in [0.25, 0.3) is 0 Å². The van der Waals surface area contributed by atoms with Crippen LogP contribution in [0.1, 0.15) is 40.0 Å². The Kier molecular flexibility index (Phi) is 2.82. The van der Waals surface area contributed by atoms with E-state index in [-0.39, 0.29) is 11.3 Å². The number of nitrogens with one attached hydrogen (secondary N) is 1. The summed E-state index contributed by atoms with van der Waals surface area (Å²) in [6.07, 6.45) is 3.90. The number of piperidine rings is 1. The van der Waals surface area contributed by atoms with Crippen LogP contribution < -0.4 is 5.32 Å². The summed E-state index contributed by atoms with van der Waals surface area (Å²) in [4.78, 5) is 2.44. The zero-order chi connectivity index (χ0) is 11.1. The minimum atomic E-state index is -0.154. The lowest BCUT2D eigenvalue weighted by Gasteiger charge is -2.43. The summed E-state index contributed by atoms with van der Waals surface area (Å²) in [6, 6.07) is 0.521. The summed E-state index contributed by atoms with van der Waals surface area (Å²) >= 11 is 0. The van der Waals surface area contributed by atoms with Gasteiger partial charge in [-0.25, -0.2) is 0 Å². The van der Waals surface area contributed by atoms with E-state index in [1.807, 2.05) is 0 Å². The monoisotopic (exact) mass is 212 g/mol. The molecule has 1 N–H and O–H groups in total. The first-order chi connectivity index (χ1) is 6.93. The van der Waals surface area contributed by atoms with Crippen molar-refractivity contribution >= 4 is 0 Å². The molecule has 2 atom stereocenters. The normalized spacial score (nSPS) is 42.0. The lowest BCUT2D eigenvalue weighted by molar-refractivity contribution is -0.0709. The Hall–Kier alpha value is -0.120. The molecule has 0 radical (unpaired) electrons. The molecule has 2 unspecified atom stereocenters. The Balaban J connectivity index is 2.08. The molecule has 0 aromatic heterocycles. The van der Waals surface area contributed by atoms with Crippen molar-refractivity contribution in [3.63, 3.8) is 0 Å².